The maximum Gasteiger partial charge on any atom is 0.330 e. The van der Waals surface area contributed by atoms with Gasteiger partial charge in [0.05, 0.1) is 12.5 Å². The van der Waals surface area contributed by atoms with Gasteiger partial charge in [0, 0.05) is 17.9 Å². The Hall–Kier alpha value is -1.83. The fourth-order valence-electron chi connectivity index (χ4n) is 3.79. The zero-order valence-corrected chi connectivity index (χ0v) is 9.80. The van der Waals surface area contributed by atoms with Crippen molar-refractivity contribution in [2.75, 3.05) is 0 Å². The molecule has 0 aromatic rings. The largest absolute Gasteiger partial charge is 0.462 e. The molecular formula is C13H13NO4. The van der Waals surface area contributed by atoms with E-state index in [9.17, 15) is 14.9 Å². The summed E-state index contributed by atoms with van der Waals surface area (Å²) >= 11 is 0. The normalized spacial score (nSPS) is 44.1. The smallest absolute Gasteiger partial charge is 0.330 e. The Morgan fingerprint density at radius 1 is 1.67 bits per heavy atom. The van der Waals surface area contributed by atoms with Crippen LogP contribution in [-0.2, 0) is 19.1 Å². The summed E-state index contributed by atoms with van der Waals surface area (Å²) in [6, 6.07) is 2.30. The maximum absolute atomic E-state index is 11.4. The highest BCUT2D eigenvalue weighted by Gasteiger charge is 2.68. The minimum atomic E-state index is -0.750. The standard InChI is InChI=1S/C13H13NO4/c1-2-10(15)17-9-3-7-5-13(9,6-14)8-4-11(16)18-12(7)8/h2,7-9,12H,1,3-5H2. The van der Waals surface area contributed by atoms with Crippen molar-refractivity contribution in [3.63, 3.8) is 0 Å². The summed E-state index contributed by atoms with van der Waals surface area (Å²) in [6.07, 6.45) is 2.02. The molecule has 5 atom stereocenters. The second kappa shape index (κ2) is 3.58. The molecule has 0 aromatic carbocycles. The fraction of sp³-hybridized carbons (Fsp3) is 0.615. The lowest BCUT2D eigenvalue weighted by Gasteiger charge is -2.34. The number of carbonyl (C=O) groups excluding carboxylic acids is 2. The van der Waals surface area contributed by atoms with Gasteiger partial charge in [-0.25, -0.2) is 4.79 Å². The number of fused-ring (bicyclic) bond motifs is 5. The van der Waals surface area contributed by atoms with Crippen molar-refractivity contribution in [2.24, 2.45) is 17.3 Å². The van der Waals surface area contributed by atoms with Gasteiger partial charge in [-0.05, 0) is 12.8 Å². The van der Waals surface area contributed by atoms with E-state index in [1.165, 1.54) is 0 Å². The van der Waals surface area contributed by atoms with Gasteiger partial charge < -0.3 is 9.47 Å². The average molecular weight is 247 g/mol. The Kier molecular flexibility index (Phi) is 2.24. The van der Waals surface area contributed by atoms with Crippen molar-refractivity contribution in [3.8, 4) is 6.07 Å². The van der Waals surface area contributed by atoms with Gasteiger partial charge in [-0.15, -0.1) is 0 Å². The van der Waals surface area contributed by atoms with E-state index in [-0.39, 0.29) is 30.3 Å². The monoisotopic (exact) mass is 247 g/mol. The highest BCUT2D eigenvalue weighted by Crippen LogP contribution is 2.62. The van der Waals surface area contributed by atoms with E-state index in [0.29, 0.717) is 12.8 Å². The summed E-state index contributed by atoms with van der Waals surface area (Å²) in [5.41, 5.74) is -0.750. The van der Waals surface area contributed by atoms with Crippen LogP contribution in [0.2, 0.25) is 0 Å². The molecule has 18 heavy (non-hydrogen) atoms. The molecule has 3 aliphatic rings. The van der Waals surface area contributed by atoms with E-state index in [4.69, 9.17) is 9.47 Å². The fourth-order valence-corrected chi connectivity index (χ4v) is 3.79. The molecule has 2 saturated carbocycles. The van der Waals surface area contributed by atoms with Crippen molar-refractivity contribution in [3.05, 3.63) is 12.7 Å². The van der Waals surface area contributed by atoms with Crippen molar-refractivity contribution < 1.29 is 19.1 Å². The minimum absolute atomic E-state index is 0.128. The number of nitrogens with zero attached hydrogens (tertiary/aromatic N) is 1. The third-order valence-corrected chi connectivity index (χ3v) is 4.50. The molecule has 2 bridgehead atoms. The molecule has 5 unspecified atom stereocenters. The van der Waals surface area contributed by atoms with Gasteiger partial charge in [0.15, 0.2) is 0 Å². The average Bonchev–Trinajstić information content (AvgIpc) is 2.97. The number of hydrogen-bond acceptors (Lipinski definition) is 5. The molecule has 1 saturated heterocycles. The first-order valence-electron chi connectivity index (χ1n) is 6.04. The highest BCUT2D eigenvalue weighted by atomic mass is 16.6. The topological polar surface area (TPSA) is 76.4 Å². The molecule has 3 rings (SSSR count). The van der Waals surface area contributed by atoms with E-state index in [2.05, 4.69) is 12.6 Å². The summed E-state index contributed by atoms with van der Waals surface area (Å²) < 4.78 is 10.6. The van der Waals surface area contributed by atoms with Crippen LogP contribution in [0.5, 0.6) is 0 Å². The molecule has 2 aliphatic carbocycles. The second-order valence-corrected chi connectivity index (χ2v) is 5.25. The van der Waals surface area contributed by atoms with Crippen LogP contribution in [0.1, 0.15) is 19.3 Å². The van der Waals surface area contributed by atoms with Crippen molar-refractivity contribution in [2.45, 2.75) is 31.5 Å². The first kappa shape index (κ1) is 11.3. The molecule has 0 N–H and O–H groups in total. The number of ether oxygens (including phenoxy) is 2. The number of esters is 2. The lowest BCUT2D eigenvalue weighted by molar-refractivity contribution is -0.152. The summed E-state index contributed by atoms with van der Waals surface area (Å²) in [6.45, 7) is 3.36. The first-order chi connectivity index (χ1) is 8.60. The van der Waals surface area contributed by atoms with E-state index < -0.39 is 17.5 Å². The minimum Gasteiger partial charge on any atom is -0.462 e. The first-order valence-corrected chi connectivity index (χ1v) is 6.04. The van der Waals surface area contributed by atoms with Gasteiger partial charge in [0.2, 0.25) is 0 Å². The van der Waals surface area contributed by atoms with Gasteiger partial charge in [0.25, 0.3) is 0 Å². The van der Waals surface area contributed by atoms with Crippen LogP contribution in [0, 0.1) is 28.6 Å². The molecule has 0 amide bonds. The SMILES string of the molecule is C=CC(=O)OC1CC2CC1(C#N)C1CC(=O)OC21. The predicted octanol–water partition coefficient (Wildman–Crippen LogP) is 0.949. The van der Waals surface area contributed by atoms with Gasteiger partial charge in [-0.1, -0.05) is 6.58 Å². The lowest BCUT2D eigenvalue weighted by Crippen LogP contribution is -2.42. The van der Waals surface area contributed by atoms with Crippen LogP contribution < -0.4 is 0 Å². The molecular weight excluding hydrogens is 234 g/mol. The van der Waals surface area contributed by atoms with Crippen molar-refractivity contribution in [1.29, 1.82) is 5.26 Å². The van der Waals surface area contributed by atoms with E-state index in [1.54, 1.807) is 0 Å². The Bertz CT molecular complexity index is 480. The quantitative estimate of drug-likeness (QED) is 0.536. The Morgan fingerprint density at radius 2 is 2.44 bits per heavy atom. The molecule has 0 spiro atoms. The van der Waals surface area contributed by atoms with Crippen LogP contribution >= 0.6 is 0 Å². The number of hydrogen-bond donors (Lipinski definition) is 0. The van der Waals surface area contributed by atoms with Gasteiger partial charge in [-0.2, -0.15) is 5.26 Å². The third-order valence-electron chi connectivity index (χ3n) is 4.50. The Balaban J connectivity index is 1.89. The molecule has 0 radical (unpaired) electrons. The molecule has 0 aromatic heterocycles. The van der Waals surface area contributed by atoms with Gasteiger partial charge in [-0.3, -0.25) is 4.79 Å². The summed E-state index contributed by atoms with van der Waals surface area (Å²) in [5.74, 6) is -0.742. The van der Waals surface area contributed by atoms with Crippen LogP contribution in [0.4, 0.5) is 0 Å². The molecule has 1 heterocycles. The van der Waals surface area contributed by atoms with E-state index >= 15 is 0 Å². The molecule has 1 aliphatic heterocycles. The zero-order valence-electron chi connectivity index (χ0n) is 9.80. The molecule has 5 heteroatoms. The van der Waals surface area contributed by atoms with Crippen molar-refractivity contribution in [1.82, 2.24) is 0 Å². The molecule has 5 nitrogen and oxygen atoms in total. The predicted molar refractivity (Wildman–Crippen MR) is 58.8 cm³/mol. The number of rotatable bonds is 2. The van der Waals surface area contributed by atoms with Crippen LogP contribution in [0.3, 0.4) is 0 Å². The number of nitriles is 1. The summed E-state index contributed by atoms with van der Waals surface area (Å²) in [5, 5.41) is 9.50. The Labute approximate surface area is 104 Å². The van der Waals surface area contributed by atoms with E-state index in [1.807, 2.05) is 0 Å². The van der Waals surface area contributed by atoms with Gasteiger partial charge in [0.1, 0.15) is 17.6 Å². The van der Waals surface area contributed by atoms with Crippen LogP contribution in [-0.4, -0.2) is 24.1 Å². The Morgan fingerprint density at radius 3 is 3.11 bits per heavy atom. The maximum atomic E-state index is 11.4. The highest BCUT2D eigenvalue weighted by molar-refractivity contribution is 5.81. The zero-order chi connectivity index (χ0) is 12.9. The van der Waals surface area contributed by atoms with Crippen LogP contribution in [0.15, 0.2) is 12.7 Å². The van der Waals surface area contributed by atoms with Crippen LogP contribution in [0.25, 0.3) is 0 Å². The summed E-state index contributed by atoms with van der Waals surface area (Å²) in [7, 11) is 0. The lowest BCUT2D eigenvalue weighted by atomic mass is 9.72. The summed E-state index contributed by atoms with van der Waals surface area (Å²) in [4.78, 5) is 22.7. The van der Waals surface area contributed by atoms with E-state index in [0.717, 1.165) is 6.08 Å². The molecule has 3 fully saturated rings. The van der Waals surface area contributed by atoms with Gasteiger partial charge >= 0.3 is 11.9 Å². The number of carbonyl (C=O) groups is 2. The third kappa shape index (κ3) is 1.26. The molecule has 94 valence electrons. The van der Waals surface area contributed by atoms with Crippen molar-refractivity contribution >= 4 is 11.9 Å². The second-order valence-electron chi connectivity index (χ2n) is 5.25.